The van der Waals surface area contributed by atoms with E-state index in [9.17, 15) is 4.79 Å². The number of aryl methyl sites for hydroxylation is 2. The third-order valence-electron chi connectivity index (χ3n) is 5.82. The van der Waals surface area contributed by atoms with Gasteiger partial charge >= 0.3 is 5.97 Å². The topological polar surface area (TPSA) is 77.2 Å². The second kappa shape index (κ2) is 10.9. The number of aromatic nitrogens is 2. The summed E-state index contributed by atoms with van der Waals surface area (Å²) in [6.45, 7) is 3.24. The lowest BCUT2D eigenvalue weighted by Crippen LogP contribution is -2.13. The minimum atomic E-state index is -0.193. The molecule has 1 aliphatic rings. The van der Waals surface area contributed by atoms with Gasteiger partial charge in [-0.15, -0.1) is 0 Å². The highest BCUT2D eigenvalue weighted by Gasteiger charge is 2.16. The summed E-state index contributed by atoms with van der Waals surface area (Å²) < 4.78 is 10.5. The molecular weight excluding hydrogens is 402 g/mol. The lowest BCUT2D eigenvalue weighted by Gasteiger charge is -2.17. The van der Waals surface area contributed by atoms with Crippen LogP contribution in [0, 0.1) is 0 Å². The molecule has 6 heteroatoms. The Balaban J connectivity index is 1.31. The fourth-order valence-electron chi connectivity index (χ4n) is 4.11. The second-order valence-electron chi connectivity index (χ2n) is 8.21. The van der Waals surface area contributed by atoms with Crippen LogP contribution < -0.4 is 5.32 Å². The Kier molecular flexibility index (Phi) is 7.54. The number of esters is 1. The molecule has 0 amide bonds. The molecule has 0 fully saturated rings. The van der Waals surface area contributed by atoms with Crippen molar-refractivity contribution in [2.75, 3.05) is 18.5 Å². The van der Waals surface area contributed by atoms with E-state index in [1.54, 1.807) is 12.5 Å². The molecule has 3 aromatic rings. The van der Waals surface area contributed by atoms with Gasteiger partial charge in [-0.3, -0.25) is 4.79 Å². The third kappa shape index (κ3) is 5.75. The number of ether oxygens (including phenoxy) is 1. The predicted octanol–water partition coefficient (Wildman–Crippen LogP) is 5.59. The van der Waals surface area contributed by atoms with Crippen LogP contribution in [0.2, 0.25) is 0 Å². The molecule has 0 spiro atoms. The van der Waals surface area contributed by atoms with Crippen LogP contribution in [0.1, 0.15) is 61.8 Å². The summed E-state index contributed by atoms with van der Waals surface area (Å²) in [5, 5.41) is 4.35. The molecule has 1 aliphatic heterocycles. The lowest BCUT2D eigenvalue weighted by molar-refractivity contribution is -0.143. The van der Waals surface area contributed by atoms with Crippen molar-refractivity contribution in [3.8, 4) is 0 Å². The number of carbonyl (C=O) groups is 1. The van der Waals surface area contributed by atoms with Crippen LogP contribution in [0.5, 0.6) is 0 Å². The van der Waals surface area contributed by atoms with Crippen molar-refractivity contribution >= 4 is 22.9 Å². The number of carbonyl (C=O) groups excluding carboxylic acids is 1. The average molecular weight is 434 g/mol. The van der Waals surface area contributed by atoms with Crippen molar-refractivity contribution in [1.29, 1.82) is 0 Å². The molecule has 1 unspecified atom stereocenters. The van der Waals surface area contributed by atoms with Crippen LogP contribution in [-0.4, -0.2) is 29.1 Å². The number of unbranched alkanes of at least 4 members (excludes halogenated alkanes) is 2. The molecule has 4 rings (SSSR count). The molecule has 0 bridgehead atoms. The Morgan fingerprint density at radius 2 is 2.25 bits per heavy atom. The molecule has 4 heterocycles. The van der Waals surface area contributed by atoms with Crippen molar-refractivity contribution in [2.45, 2.75) is 57.8 Å². The second-order valence-corrected chi connectivity index (χ2v) is 8.21. The van der Waals surface area contributed by atoms with Gasteiger partial charge in [0, 0.05) is 29.7 Å². The molecule has 0 saturated carbocycles. The van der Waals surface area contributed by atoms with Crippen LogP contribution in [0.4, 0.5) is 5.82 Å². The van der Waals surface area contributed by atoms with Gasteiger partial charge in [0.25, 0.3) is 0 Å². The van der Waals surface area contributed by atoms with Gasteiger partial charge in [-0.2, -0.15) is 0 Å². The first-order chi connectivity index (χ1) is 15.7. The van der Waals surface area contributed by atoms with Crippen LogP contribution in [0.15, 0.2) is 53.3 Å². The normalized spacial score (nSPS) is 14.3. The molecule has 0 saturated heterocycles. The molecular formula is C26H31N3O3. The van der Waals surface area contributed by atoms with Gasteiger partial charge in [0.2, 0.25) is 5.71 Å². The van der Waals surface area contributed by atoms with Gasteiger partial charge in [-0.05, 0) is 74.8 Å². The van der Waals surface area contributed by atoms with Crippen molar-refractivity contribution in [2.24, 2.45) is 0 Å². The maximum absolute atomic E-state index is 12.1. The Hall–Kier alpha value is -3.15. The molecule has 6 nitrogen and oxygen atoms in total. The van der Waals surface area contributed by atoms with Gasteiger partial charge in [0.15, 0.2) is 0 Å². The number of pyridine rings is 2. The summed E-state index contributed by atoms with van der Waals surface area (Å²) in [6.07, 6.45) is 14.4. The van der Waals surface area contributed by atoms with Crippen LogP contribution in [0.3, 0.4) is 0 Å². The first kappa shape index (κ1) is 22.1. The van der Waals surface area contributed by atoms with Crippen molar-refractivity contribution < 1.29 is 13.9 Å². The monoisotopic (exact) mass is 433 g/mol. The predicted molar refractivity (Wildman–Crippen MR) is 126 cm³/mol. The van der Waals surface area contributed by atoms with Crippen LogP contribution in [0.25, 0.3) is 11.1 Å². The highest BCUT2D eigenvalue weighted by atomic mass is 16.5. The number of fused-ring (bicyclic) bond motifs is 2. The largest absolute Gasteiger partial charge is 0.466 e. The fourth-order valence-corrected chi connectivity index (χ4v) is 4.11. The standard InChI is InChI=1S/C26H31N3O3/c1-2-31-24(30)17-20(22-16-21-13-15-32-26(21)28-18-22)8-5-3-4-6-10-23-12-11-19-9-7-14-27-25(19)29-23/h5,8,11-13,15-16,18,20H,2-4,6-7,9-10,14,17H2,1H3,(H,27,29)/b8-5+. The molecule has 168 valence electrons. The van der Waals surface area contributed by atoms with E-state index in [-0.39, 0.29) is 11.9 Å². The molecule has 3 aromatic heterocycles. The zero-order valence-electron chi connectivity index (χ0n) is 18.7. The molecule has 1 atom stereocenters. The van der Waals surface area contributed by atoms with Crippen molar-refractivity contribution in [3.63, 3.8) is 0 Å². The third-order valence-corrected chi connectivity index (χ3v) is 5.82. The van der Waals surface area contributed by atoms with E-state index < -0.39 is 0 Å². The van der Waals surface area contributed by atoms with E-state index in [0.717, 1.165) is 61.1 Å². The summed E-state index contributed by atoms with van der Waals surface area (Å²) >= 11 is 0. The first-order valence-corrected chi connectivity index (χ1v) is 11.6. The zero-order valence-corrected chi connectivity index (χ0v) is 18.7. The minimum Gasteiger partial charge on any atom is -0.466 e. The SMILES string of the molecule is CCOC(=O)CC(/C=C/CCCCc1ccc2c(n1)NCCC2)c1cnc2occc2c1. The fraction of sp³-hybridized carbons (Fsp3) is 0.423. The van der Waals surface area contributed by atoms with Crippen molar-refractivity contribution in [1.82, 2.24) is 9.97 Å². The van der Waals surface area contributed by atoms with Gasteiger partial charge < -0.3 is 14.5 Å². The summed E-state index contributed by atoms with van der Waals surface area (Å²) in [4.78, 5) is 21.3. The minimum absolute atomic E-state index is 0.0609. The van der Waals surface area contributed by atoms with Gasteiger partial charge in [0.1, 0.15) is 5.82 Å². The number of furan rings is 1. The van der Waals surface area contributed by atoms with Gasteiger partial charge in [-0.25, -0.2) is 9.97 Å². The van der Waals surface area contributed by atoms with Gasteiger partial charge in [-0.1, -0.05) is 18.2 Å². The number of anilines is 1. The zero-order chi connectivity index (χ0) is 22.2. The smallest absolute Gasteiger partial charge is 0.306 e. The Bertz CT molecular complexity index is 1070. The maximum Gasteiger partial charge on any atom is 0.306 e. The molecule has 0 aromatic carbocycles. The lowest BCUT2D eigenvalue weighted by atomic mass is 9.95. The first-order valence-electron chi connectivity index (χ1n) is 11.6. The van der Waals surface area contributed by atoms with E-state index >= 15 is 0 Å². The number of hydrogen-bond acceptors (Lipinski definition) is 6. The number of nitrogens with one attached hydrogen (secondary N) is 1. The van der Waals surface area contributed by atoms with E-state index in [1.807, 2.05) is 19.1 Å². The number of nitrogens with zero attached hydrogens (tertiary/aromatic N) is 2. The maximum atomic E-state index is 12.1. The summed E-state index contributed by atoms with van der Waals surface area (Å²) in [7, 11) is 0. The van der Waals surface area contributed by atoms with Crippen LogP contribution in [-0.2, 0) is 22.4 Å². The molecule has 0 aliphatic carbocycles. The van der Waals surface area contributed by atoms with Crippen LogP contribution >= 0.6 is 0 Å². The average Bonchev–Trinajstić information content (AvgIpc) is 3.28. The van der Waals surface area contributed by atoms with E-state index in [1.165, 1.54) is 12.0 Å². The quantitative estimate of drug-likeness (QED) is 0.255. The highest BCUT2D eigenvalue weighted by Crippen LogP contribution is 2.26. The Morgan fingerprint density at radius 1 is 1.31 bits per heavy atom. The summed E-state index contributed by atoms with van der Waals surface area (Å²) in [6, 6.07) is 8.31. The summed E-state index contributed by atoms with van der Waals surface area (Å²) in [5.41, 5.74) is 4.09. The summed E-state index contributed by atoms with van der Waals surface area (Å²) in [5.74, 6) is 0.814. The molecule has 0 radical (unpaired) electrons. The number of allylic oxidation sites excluding steroid dienone is 2. The number of hydrogen-bond donors (Lipinski definition) is 1. The molecule has 32 heavy (non-hydrogen) atoms. The van der Waals surface area contributed by atoms with Gasteiger partial charge in [0.05, 0.1) is 19.3 Å². The van der Waals surface area contributed by atoms with E-state index in [4.69, 9.17) is 14.1 Å². The Labute approximate surface area is 189 Å². The molecule has 1 N–H and O–H groups in total. The van der Waals surface area contributed by atoms with E-state index in [2.05, 4.69) is 34.6 Å². The Morgan fingerprint density at radius 3 is 3.16 bits per heavy atom. The highest BCUT2D eigenvalue weighted by molar-refractivity contribution is 5.75. The van der Waals surface area contributed by atoms with E-state index in [0.29, 0.717) is 18.7 Å². The number of rotatable bonds is 10. The van der Waals surface area contributed by atoms with Crippen molar-refractivity contribution in [3.05, 3.63) is 65.7 Å².